The lowest BCUT2D eigenvalue weighted by Gasteiger charge is -2.23. The lowest BCUT2D eigenvalue weighted by atomic mass is 9.91. The van der Waals surface area contributed by atoms with Crippen LogP contribution in [0.5, 0.6) is 11.5 Å². The number of hydrogen-bond acceptors (Lipinski definition) is 3. The van der Waals surface area contributed by atoms with E-state index < -0.39 is 0 Å². The maximum absolute atomic E-state index is 9.09. The third kappa shape index (κ3) is 1.80. The van der Waals surface area contributed by atoms with Crippen molar-refractivity contribution in [2.24, 2.45) is 7.05 Å². The van der Waals surface area contributed by atoms with E-state index in [0.717, 1.165) is 61.2 Å². The average Bonchev–Trinajstić information content (AvgIpc) is 3.12. The molecule has 0 aliphatic carbocycles. The van der Waals surface area contributed by atoms with Crippen molar-refractivity contribution in [1.82, 2.24) is 0 Å². The lowest BCUT2D eigenvalue weighted by Crippen LogP contribution is -2.32. The molecule has 0 radical (unpaired) electrons. The van der Waals surface area contributed by atoms with Gasteiger partial charge in [-0.2, -0.15) is 5.26 Å². The number of benzene rings is 2. The van der Waals surface area contributed by atoms with E-state index in [1.54, 1.807) is 6.26 Å². The van der Waals surface area contributed by atoms with Crippen LogP contribution in [0.4, 0.5) is 0 Å². The maximum atomic E-state index is 9.09. The van der Waals surface area contributed by atoms with E-state index in [0.29, 0.717) is 6.42 Å². The fraction of sp³-hybridized carbons (Fsp3) is 0.182. The molecule has 5 rings (SSSR count). The second-order valence-corrected chi connectivity index (χ2v) is 6.89. The lowest BCUT2D eigenvalue weighted by molar-refractivity contribution is -0.659. The van der Waals surface area contributed by atoms with Gasteiger partial charge in [0.15, 0.2) is 6.20 Å². The zero-order valence-corrected chi connectivity index (χ0v) is 14.9. The van der Waals surface area contributed by atoms with Gasteiger partial charge in [0, 0.05) is 17.0 Å². The number of nitriles is 1. The van der Waals surface area contributed by atoms with Crippen molar-refractivity contribution in [1.29, 1.82) is 5.26 Å². The molecule has 0 saturated carbocycles. The van der Waals surface area contributed by atoms with E-state index in [-0.39, 0.29) is 0 Å². The number of fused-ring (bicyclic) bond motifs is 3. The van der Waals surface area contributed by atoms with Gasteiger partial charge in [0.05, 0.1) is 29.7 Å². The van der Waals surface area contributed by atoms with Crippen LogP contribution in [0.3, 0.4) is 0 Å². The van der Waals surface area contributed by atoms with Crippen molar-refractivity contribution in [3.63, 3.8) is 0 Å². The van der Waals surface area contributed by atoms with E-state index >= 15 is 0 Å². The van der Waals surface area contributed by atoms with E-state index in [1.807, 2.05) is 19.1 Å². The third-order valence-electron chi connectivity index (χ3n) is 5.34. The molecule has 2 aromatic carbocycles. The van der Waals surface area contributed by atoms with Crippen LogP contribution in [-0.2, 0) is 13.5 Å². The smallest absolute Gasteiger partial charge is 0.228 e. The second-order valence-electron chi connectivity index (χ2n) is 6.89. The van der Waals surface area contributed by atoms with Gasteiger partial charge in [-0.15, -0.1) is 0 Å². The Morgan fingerprint density at radius 1 is 1.15 bits per heavy atom. The topological polar surface area (TPSA) is 50.0 Å². The van der Waals surface area contributed by atoms with Gasteiger partial charge >= 0.3 is 0 Å². The number of furan rings is 1. The predicted octanol–water partition coefficient (Wildman–Crippen LogP) is 4.87. The molecule has 1 aliphatic heterocycles. The molecule has 0 fully saturated rings. The Morgan fingerprint density at radius 2 is 2.00 bits per heavy atom. The summed E-state index contributed by atoms with van der Waals surface area (Å²) in [5.74, 6) is 1.65. The Hall–Kier alpha value is -3.32. The van der Waals surface area contributed by atoms with Crippen LogP contribution in [0.2, 0.25) is 0 Å². The molecule has 3 heterocycles. The van der Waals surface area contributed by atoms with Crippen LogP contribution < -0.4 is 9.30 Å². The molecular weight excluding hydrogens is 324 g/mol. The zero-order valence-electron chi connectivity index (χ0n) is 14.9. The van der Waals surface area contributed by atoms with Gasteiger partial charge in [-0.1, -0.05) is 0 Å². The van der Waals surface area contributed by atoms with Gasteiger partial charge in [-0.25, -0.2) is 4.57 Å². The summed E-state index contributed by atoms with van der Waals surface area (Å²) in [7, 11) is 2.06. The Labute approximate surface area is 150 Å². The molecule has 4 nitrogen and oxygen atoms in total. The summed E-state index contributed by atoms with van der Waals surface area (Å²) in [6, 6.07) is 10.4. The summed E-state index contributed by atoms with van der Waals surface area (Å²) >= 11 is 0. The van der Waals surface area contributed by atoms with Crippen molar-refractivity contribution in [2.75, 3.05) is 0 Å². The number of rotatable bonds is 1. The molecule has 2 aromatic heterocycles. The minimum absolute atomic E-state index is 0.366. The summed E-state index contributed by atoms with van der Waals surface area (Å²) in [6.07, 6.45) is 4.17. The van der Waals surface area contributed by atoms with Crippen LogP contribution >= 0.6 is 0 Å². The van der Waals surface area contributed by atoms with Crippen molar-refractivity contribution >= 4 is 21.7 Å². The van der Waals surface area contributed by atoms with Crippen molar-refractivity contribution in [2.45, 2.75) is 20.3 Å². The number of ether oxygens (including phenoxy) is 1. The van der Waals surface area contributed by atoms with E-state index in [2.05, 4.69) is 42.9 Å². The summed E-state index contributed by atoms with van der Waals surface area (Å²) in [5.41, 5.74) is 6.25. The van der Waals surface area contributed by atoms with Crippen molar-refractivity contribution < 1.29 is 13.7 Å². The van der Waals surface area contributed by atoms with Crippen LogP contribution in [0.1, 0.15) is 16.7 Å². The first-order valence-electron chi connectivity index (χ1n) is 8.61. The Morgan fingerprint density at radius 3 is 2.81 bits per heavy atom. The normalized spacial score (nSPS) is 12.1. The first-order valence-corrected chi connectivity index (χ1v) is 8.61. The van der Waals surface area contributed by atoms with Gasteiger partial charge in [0.2, 0.25) is 5.69 Å². The predicted molar refractivity (Wildman–Crippen MR) is 99.2 cm³/mol. The van der Waals surface area contributed by atoms with Gasteiger partial charge < -0.3 is 9.15 Å². The largest absolute Gasteiger partial charge is 0.464 e. The molecule has 1 aliphatic rings. The molecule has 0 unspecified atom stereocenters. The number of nitrogens with zero attached hydrogens (tertiary/aromatic N) is 2. The summed E-state index contributed by atoms with van der Waals surface area (Å²) < 4.78 is 14.3. The highest BCUT2D eigenvalue weighted by Crippen LogP contribution is 2.50. The quantitative estimate of drug-likeness (QED) is 0.409. The van der Waals surface area contributed by atoms with Crippen molar-refractivity contribution in [3.8, 4) is 28.8 Å². The highest BCUT2D eigenvalue weighted by molar-refractivity contribution is 6.05. The highest BCUT2D eigenvalue weighted by Gasteiger charge is 2.32. The van der Waals surface area contributed by atoms with Crippen LogP contribution in [-0.4, -0.2) is 0 Å². The molecule has 0 atom stereocenters. The molecule has 4 aromatic rings. The van der Waals surface area contributed by atoms with Crippen LogP contribution in [0.15, 0.2) is 41.1 Å². The molecule has 0 bridgehead atoms. The minimum atomic E-state index is 0.366. The Balaban J connectivity index is 1.97. The fourth-order valence-electron chi connectivity index (χ4n) is 4.11. The summed E-state index contributed by atoms with van der Waals surface area (Å²) in [5, 5.41) is 12.4. The van der Waals surface area contributed by atoms with E-state index in [1.165, 1.54) is 0 Å². The first-order chi connectivity index (χ1) is 12.6. The monoisotopic (exact) mass is 341 g/mol. The average molecular weight is 341 g/mol. The molecule has 0 spiro atoms. The molecule has 126 valence electrons. The Kier molecular flexibility index (Phi) is 2.93. The maximum Gasteiger partial charge on any atom is 0.228 e. The second kappa shape index (κ2) is 5.09. The first kappa shape index (κ1) is 15.0. The minimum Gasteiger partial charge on any atom is -0.464 e. The fourth-order valence-corrected chi connectivity index (χ4v) is 4.11. The SMILES string of the molecule is Cc1c2c(c(C)c3occc13)Oc1cc(CC#N)cc3cc[n+](C)c-2c13. The molecule has 0 N–H and O–H groups in total. The van der Waals surface area contributed by atoms with Crippen LogP contribution in [0.25, 0.3) is 33.0 Å². The number of hydrogen-bond donors (Lipinski definition) is 0. The number of aryl methyl sites for hydroxylation is 3. The zero-order chi connectivity index (χ0) is 18.0. The van der Waals surface area contributed by atoms with Gasteiger partial charge in [0.25, 0.3) is 0 Å². The summed E-state index contributed by atoms with van der Waals surface area (Å²) in [4.78, 5) is 0. The number of aromatic nitrogens is 1. The van der Waals surface area contributed by atoms with Crippen molar-refractivity contribution in [3.05, 3.63) is 53.4 Å². The Bertz CT molecular complexity index is 1280. The third-order valence-corrected chi connectivity index (χ3v) is 5.34. The van der Waals surface area contributed by atoms with Gasteiger partial charge in [-0.05, 0) is 48.6 Å². The van der Waals surface area contributed by atoms with E-state index in [4.69, 9.17) is 14.4 Å². The van der Waals surface area contributed by atoms with Crippen LogP contribution in [0, 0.1) is 25.2 Å². The molecular formula is C22H17N2O2+. The summed E-state index contributed by atoms with van der Waals surface area (Å²) in [6.45, 7) is 4.15. The van der Waals surface area contributed by atoms with E-state index in [9.17, 15) is 0 Å². The standard InChI is InChI=1S/C22H17N2O2/c1-12-16-6-9-25-21(16)13(2)22-18(12)20-19-15(5-8-24(20)3)10-14(4-7-23)11-17(19)26-22/h5-6,8-11H,4H2,1-3H3/q+1. The molecule has 4 heteroatoms. The number of pyridine rings is 1. The molecule has 0 saturated heterocycles. The molecule has 26 heavy (non-hydrogen) atoms. The van der Waals surface area contributed by atoms with Gasteiger partial charge in [-0.3, -0.25) is 0 Å². The highest BCUT2D eigenvalue weighted by atomic mass is 16.5. The molecule has 0 amide bonds. The van der Waals surface area contributed by atoms with Gasteiger partial charge in [0.1, 0.15) is 24.1 Å².